The summed E-state index contributed by atoms with van der Waals surface area (Å²) in [5.41, 5.74) is -0.0409. The Morgan fingerprint density at radius 3 is 2.79 bits per heavy atom. The lowest BCUT2D eigenvalue weighted by molar-refractivity contribution is 0.0520. The molecule has 0 radical (unpaired) electrons. The molecule has 1 rings (SSSR count). The van der Waals surface area contributed by atoms with Gasteiger partial charge in [-0.25, -0.2) is 23.3 Å². The van der Waals surface area contributed by atoms with Gasteiger partial charge in [0.2, 0.25) is 4.34 Å². The lowest BCUT2D eigenvalue weighted by atomic mass is 10.5. The Bertz CT molecular complexity index is 436. The maximum absolute atomic E-state index is 11.1. The number of aromatic nitrogens is 1. The molecule has 0 aliphatic carbocycles. The normalized spacial score (nSPS) is 11.3. The summed E-state index contributed by atoms with van der Waals surface area (Å²) in [6, 6.07) is 0. The number of nitrogens with two attached hydrogens (primary N) is 1. The highest BCUT2D eigenvalue weighted by molar-refractivity contribution is 7.91. The van der Waals surface area contributed by atoms with E-state index >= 15 is 0 Å². The minimum atomic E-state index is -3.83. The van der Waals surface area contributed by atoms with Gasteiger partial charge in [0, 0.05) is 5.38 Å². The largest absolute Gasteiger partial charge is 0.461 e. The first-order valence-corrected chi connectivity index (χ1v) is 6.03. The maximum atomic E-state index is 11.1. The number of thiazole rings is 1. The number of ether oxygens (including phenoxy) is 1. The summed E-state index contributed by atoms with van der Waals surface area (Å²) in [6.45, 7) is 1.85. The lowest BCUT2D eigenvalue weighted by Gasteiger charge is -1.95. The Balaban J connectivity index is 2.94. The molecule has 6 nitrogen and oxygen atoms in total. The maximum Gasteiger partial charge on any atom is 0.357 e. The first kappa shape index (κ1) is 11.1. The van der Waals surface area contributed by atoms with Crippen LogP contribution in [0, 0.1) is 0 Å². The molecule has 0 saturated carbocycles. The Morgan fingerprint density at radius 2 is 2.36 bits per heavy atom. The molecule has 1 aromatic rings. The van der Waals surface area contributed by atoms with E-state index in [1.807, 2.05) is 0 Å². The van der Waals surface area contributed by atoms with Crippen molar-refractivity contribution < 1.29 is 17.9 Å². The molecule has 0 saturated heterocycles. The number of esters is 1. The standard InChI is InChI=1S/C6H8N2O4S2/c1-2-12-5(9)4-3-13-6(8-4)14(7,10)11/h3H,2H2,1H3,(H2,7,10,11). The Hall–Kier alpha value is -0.990. The van der Waals surface area contributed by atoms with E-state index < -0.39 is 16.0 Å². The third-order valence-corrected chi connectivity index (χ3v) is 3.41. The van der Waals surface area contributed by atoms with Gasteiger partial charge in [-0.1, -0.05) is 0 Å². The number of carbonyl (C=O) groups is 1. The topological polar surface area (TPSA) is 99.4 Å². The van der Waals surface area contributed by atoms with Gasteiger partial charge in [-0.2, -0.15) is 0 Å². The molecular formula is C6H8N2O4S2. The number of rotatable bonds is 3. The Kier molecular flexibility index (Phi) is 3.19. The fourth-order valence-electron chi connectivity index (χ4n) is 0.687. The average molecular weight is 236 g/mol. The summed E-state index contributed by atoms with van der Waals surface area (Å²) in [6.07, 6.45) is 0. The number of carbonyl (C=O) groups excluding carboxylic acids is 1. The third-order valence-electron chi connectivity index (χ3n) is 1.21. The summed E-state index contributed by atoms with van der Waals surface area (Å²) in [4.78, 5) is 14.6. The second kappa shape index (κ2) is 4.03. The Morgan fingerprint density at radius 1 is 1.71 bits per heavy atom. The van der Waals surface area contributed by atoms with Crippen LogP contribution in [0.2, 0.25) is 0 Å². The van der Waals surface area contributed by atoms with Crippen LogP contribution in [0.15, 0.2) is 9.72 Å². The number of sulfonamides is 1. The van der Waals surface area contributed by atoms with Crippen molar-refractivity contribution in [3.8, 4) is 0 Å². The molecule has 1 aromatic heterocycles. The molecule has 2 N–H and O–H groups in total. The summed E-state index contributed by atoms with van der Waals surface area (Å²) in [5.74, 6) is -0.654. The van der Waals surface area contributed by atoms with Gasteiger partial charge < -0.3 is 4.74 Å². The van der Waals surface area contributed by atoms with E-state index in [2.05, 4.69) is 9.72 Å². The summed E-state index contributed by atoms with van der Waals surface area (Å²) in [7, 11) is -3.83. The van der Waals surface area contributed by atoms with Crippen LogP contribution in [0.1, 0.15) is 17.4 Å². The van der Waals surface area contributed by atoms with Gasteiger partial charge in [0.15, 0.2) is 5.69 Å². The predicted molar refractivity (Wildman–Crippen MR) is 49.4 cm³/mol. The van der Waals surface area contributed by atoms with E-state index in [0.29, 0.717) is 0 Å². The van der Waals surface area contributed by atoms with Crippen LogP contribution >= 0.6 is 11.3 Å². The predicted octanol–water partition coefficient (Wildman–Crippen LogP) is -0.0328. The quantitative estimate of drug-likeness (QED) is 0.743. The smallest absolute Gasteiger partial charge is 0.357 e. The zero-order valence-electron chi connectivity index (χ0n) is 7.26. The highest BCUT2D eigenvalue weighted by Crippen LogP contribution is 2.14. The van der Waals surface area contributed by atoms with Crippen LogP contribution in [0.5, 0.6) is 0 Å². The summed E-state index contributed by atoms with van der Waals surface area (Å²) >= 11 is 0.786. The number of nitrogens with zero attached hydrogens (tertiary/aromatic N) is 1. The first-order valence-electron chi connectivity index (χ1n) is 3.60. The van der Waals surface area contributed by atoms with Crippen molar-refractivity contribution >= 4 is 27.3 Å². The molecule has 0 unspecified atom stereocenters. The third kappa shape index (κ3) is 2.50. The van der Waals surface area contributed by atoms with Crippen molar-refractivity contribution in [2.24, 2.45) is 5.14 Å². The van der Waals surface area contributed by atoms with Gasteiger partial charge in [-0.15, -0.1) is 11.3 Å². The SMILES string of the molecule is CCOC(=O)c1csc(S(N)(=O)=O)n1. The molecule has 8 heteroatoms. The first-order chi connectivity index (χ1) is 6.45. The van der Waals surface area contributed by atoms with Gasteiger partial charge in [-0.05, 0) is 6.92 Å². The summed E-state index contributed by atoms with van der Waals surface area (Å²) < 4.78 is 25.9. The molecule has 0 aliphatic heterocycles. The average Bonchev–Trinajstić information content (AvgIpc) is 2.51. The van der Waals surface area contributed by atoms with Crippen molar-refractivity contribution in [3.63, 3.8) is 0 Å². The number of primary sulfonamides is 1. The van der Waals surface area contributed by atoms with Gasteiger partial charge in [0.25, 0.3) is 10.0 Å². The van der Waals surface area contributed by atoms with Gasteiger partial charge in [0.05, 0.1) is 6.61 Å². The van der Waals surface area contributed by atoms with E-state index in [9.17, 15) is 13.2 Å². The zero-order valence-corrected chi connectivity index (χ0v) is 8.89. The van der Waals surface area contributed by atoms with Crippen LogP contribution in [0.4, 0.5) is 0 Å². The Labute approximate surface area is 84.8 Å². The molecule has 0 atom stereocenters. The zero-order chi connectivity index (χ0) is 10.8. The monoisotopic (exact) mass is 236 g/mol. The molecule has 0 aliphatic rings. The van der Waals surface area contributed by atoms with Crippen LogP contribution in [-0.2, 0) is 14.8 Å². The summed E-state index contributed by atoms with van der Waals surface area (Å²) in [5, 5.41) is 6.10. The van der Waals surface area contributed by atoms with Crippen LogP contribution < -0.4 is 5.14 Å². The van der Waals surface area contributed by atoms with E-state index in [0.717, 1.165) is 11.3 Å². The molecule has 0 fully saturated rings. The molecule has 0 amide bonds. The fraction of sp³-hybridized carbons (Fsp3) is 0.333. The van der Waals surface area contributed by atoms with E-state index in [-0.39, 0.29) is 16.6 Å². The van der Waals surface area contributed by atoms with E-state index in [4.69, 9.17) is 5.14 Å². The minimum Gasteiger partial charge on any atom is -0.461 e. The van der Waals surface area contributed by atoms with Crippen molar-refractivity contribution in [1.29, 1.82) is 0 Å². The van der Waals surface area contributed by atoms with Gasteiger partial charge in [0.1, 0.15) is 0 Å². The molecule has 0 aromatic carbocycles. The van der Waals surface area contributed by atoms with Crippen molar-refractivity contribution in [2.75, 3.05) is 6.61 Å². The number of hydrogen-bond acceptors (Lipinski definition) is 6. The second-order valence-corrected chi connectivity index (χ2v) is 4.86. The van der Waals surface area contributed by atoms with Crippen molar-refractivity contribution in [1.82, 2.24) is 4.98 Å². The number of hydrogen-bond donors (Lipinski definition) is 1. The van der Waals surface area contributed by atoms with Gasteiger partial charge >= 0.3 is 5.97 Å². The second-order valence-electron chi connectivity index (χ2n) is 2.26. The van der Waals surface area contributed by atoms with E-state index in [1.54, 1.807) is 6.92 Å². The van der Waals surface area contributed by atoms with E-state index in [1.165, 1.54) is 5.38 Å². The van der Waals surface area contributed by atoms with Crippen LogP contribution in [0.25, 0.3) is 0 Å². The van der Waals surface area contributed by atoms with Crippen molar-refractivity contribution in [3.05, 3.63) is 11.1 Å². The van der Waals surface area contributed by atoms with Crippen molar-refractivity contribution in [2.45, 2.75) is 11.3 Å². The lowest BCUT2D eigenvalue weighted by Crippen LogP contribution is -2.12. The van der Waals surface area contributed by atoms with Crippen LogP contribution in [0.3, 0.4) is 0 Å². The molecular weight excluding hydrogens is 228 g/mol. The van der Waals surface area contributed by atoms with Crippen LogP contribution in [-0.4, -0.2) is 26.0 Å². The van der Waals surface area contributed by atoms with Gasteiger partial charge in [-0.3, -0.25) is 0 Å². The fourth-order valence-corrected chi connectivity index (χ4v) is 2.11. The minimum absolute atomic E-state index is 0.0409. The highest BCUT2D eigenvalue weighted by Gasteiger charge is 2.17. The molecule has 1 heterocycles. The molecule has 0 spiro atoms. The highest BCUT2D eigenvalue weighted by atomic mass is 32.2. The molecule has 0 bridgehead atoms. The molecule has 14 heavy (non-hydrogen) atoms. The molecule has 78 valence electrons.